The number of nitrogens with two attached hydrogens (primary N) is 1. The van der Waals surface area contributed by atoms with Gasteiger partial charge in [0.05, 0.1) is 0 Å². The third kappa shape index (κ3) is 3.98. The van der Waals surface area contributed by atoms with E-state index in [1.165, 1.54) is 5.56 Å². The van der Waals surface area contributed by atoms with E-state index in [0.29, 0.717) is 0 Å². The summed E-state index contributed by atoms with van der Waals surface area (Å²) < 4.78 is 0. The Labute approximate surface area is 151 Å². The highest BCUT2D eigenvalue weighted by atomic mass is 35.5. The van der Waals surface area contributed by atoms with Crippen molar-refractivity contribution >= 4 is 28.8 Å². The number of hydrogen-bond acceptors (Lipinski definition) is 4. The topological polar surface area (TPSA) is 58.4 Å². The second kappa shape index (κ2) is 7.23. The quantitative estimate of drug-likeness (QED) is 0.858. The monoisotopic (exact) mass is 363 g/mol. The summed E-state index contributed by atoms with van der Waals surface area (Å²) in [6.07, 6.45) is 0.943. The highest BCUT2D eigenvalue weighted by Gasteiger charge is 2.34. The number of hydrogen-bond donors (Lipinski definition) is 2. The number of carbonyl (C=O) groups is 1. The summed E-state index contributed by atoms with van der Waals surface area (Å²) in [6, 6.07) is 9.96. The van der Waals surface area contributed by atoms with Gasteiger partial charge in [0.2, 0.25) is 5.91 Å². The maximum Gasteiger partial charge on any atom is 0.244 e. The van der Waals surface area contributed by atoms with Gasteiger partial charge in [0.25, 0.3) is 0 Å². The van der Waals surface area contributed by atoms with Crippen molar-refractivity contribution < 1.29 is 4.79 Å². The predicted octanol–water partition coefficient (Wildman–Crippen LogP) is 2.97. The molecular weight excluding hydrogens is 342 g/mol. The van der Waals surface area contributed by atoms with Crippen molar-refractivity contribution in [2.75, 3.05) is 13.1 Å². The Bertz CT molecular complexity index is 685. The van der Waals surface area contributed by atoms with E-state index in [0.717, 1.165) is 36.6 Å². The first-order valence-electron chi connectivity index (χ1n) is 8.04. The van der Waals surface area contributed by atoms with E-state index < -0.39 is 5.54 Å². The van der Waals surface area contributed by atoms with Crippen molar-refractivity contribution in [2.45, 2.75) is 31.5 Å². The van der Waals surface area contributed by atoms with Gasteiger partial charge < -0.3 is 11.1 Å². The molecule has 2 atom stereocenters. The standard InChI is InChI=1S/C18H22ClN3OS/c1-18(20,14-7-9-24-12-14)17(23)21-16-6-8-22(11-16)10-13-2-4-15(19)5-3-13/h2-5,7,9,12,16H,6,8,10-11,20H2,1H3,(H,21,23)/t16?,18-/m1/s1. The number of benzene rings is 1. The van der Waals surface area contributed by atoms with Gasteiger partial charge in [-0.3, -0.25) is 9.69 Å². The van der Waals surface area contributed by atoms with Crippen LogP contribution in [0.15, 0.2) is 41.1 Å². The average Bonchev–Trinajstić information content (AvgIpc) is 3.22. The van der Waals surface area contributed by atoms with E-state index in [2.05, 4.69) is 10.2 Å². The molecule has 4 nitrogen and oxygen atoms in total. The van der Waals surface area contributed by atoms with Gasteiger partial charge in [-0.15, -0.1) is 0 Å². The Hall–Kier alpha value is -1.40. The van der Waals surface area contributed by atoms with Gasteiger partial charge in [0.1, 0.15) is 5.54 Å². The van der Waals surface area contributed by atoms with Gasteiger partial charge in [-0.1, -0.05) is 23.7 Å². The van der Waals surface area contributed by atoms with Crippen molar-refractivity contribution in [2.24, 2.45) is 5.73 Å². The Morgan fingerprint density at radius 2 is 2.17 bits per heavy atom. The maximum absolute atomic E-state index is 12.6. The molecule has 1 aliphatic heterocycles. The Morgan fingerprint density at radius 1 is 1.42 bits per heavy atom. The number of nitrogens with one attached hydrogen (secondary N) is 1. The van der Waals surface area contributed by atoms with Crippen LogP contribution in [0.2, 0.25) is 5.02 Å². The summed E-state index contributed by atoms with van der Waals surface area (Å²) >= 11 is 7.47. The van der Waals surface area contributed by atoms with Crippen molar-refractivity contribution in [3.05, 3.63) is 57.2 Å². The van der Waals surface area contributed by atoms with Gasteiger partial charge in [0.15, 0.2) is 0 Å². The molecule has 0 spiro atoms. The molecule has 0 bridgehead atoms. The molecule has 2 aromatic rings. The number of thiophene rings is 1. The molecule has 6 heteroatoms. The number of likely N-dealkylation sites (tertiary alicyclic amines) is 1. The summed E-state index contributed by atoms with van der Waals surface area (Å²) in [5.41, 5.74) is 7.35. The molecule has 24 heavy (non-hydrogen) atoms. The molecule has 0 radical (unpaired) electrons. The maximum atomic E-state index is 12.6. The van der Waals surface area contributed by atoms with E-state index in [9.17, 15) is 4.79 Å². The van der Waals surface area contributed by atoms with E-state index in [4.69, 9.17) is 17.3 Å². The van der Waals surface area contributed by atoms with E-state index in [-0.39, 0.29) is 11.9 Å². The van der Waals surface area contributed by atoms with Crippen molar-refractivity contribution in [3.8, 4) is 0 Å². The molecule has 3 N–H and O–H groups in total. The SMILES string of the molecule is C[C@](N)(C(=O)NC1CCN(Cc2ccc(Cl)cc2)C1)c1ccsc1. The van der Waals surface area contributed by atoms with Crippen LogP contribution in [0.1, 0.15) is 24.5 Å². The third-order valence-corrected chi connectivity index (χ3v) is 5.45. The number of amides is 1. The first kappa shape index (κ1) is 17.4. The molecule has 0 saturated carbocycles. The minimum atomic E-state index is -0.983. The van der Waals surface area contributed by atoms with Gasteiger partial charge in [-0.05, 0) is 53.4 Å². The normalized spacial score (nSPS) is 20.7. The van der Waals surface area contributed by atoms with Crippen LogP contribution in [0.3, 0.4) is 0 Å². The van der Waals surface area contributed by atoms with Crippen molar-refractivity contribution in [1.82, 2.24) is 10.2 Å². The molecule has 1 unspecified atom stereocenters. The minimum absolute atomic E-state index is 0.112. The van der Waals surface area contributed by atoms with Crippen LogP contribution >= 0.6 is 22.9 Å². The highest BCUT2D eigenvalue weighted by Crippen LogP contribution is 2.22. The molecule has 128 valence electrons. The summed E-state index contributed by atoms with van der Waals surface area (Å²) in [7, 11) is 0. The lowest BCUT2D eigenvalue weighted by molar-refractivity contribution is -0.126. The summed E-state index contributed by atoms with van der Waals surface area (Å²) in [4.78, 5) is 14.9. The number of halogens is 1. The Balaban J connectivity index is 1.54. The zero-order valence-electron chi connectivity index (χ0n) is 13.7. The molecule has 1 aromatic heterocycles. The summed E-state index contributed by atoms with van der Waals surface area (Å²) in [5.74, 6) is -0.112. The summed E-state index contributed by atoms with van der Waals surface area (Å²) in [5, 5.41) is 7.73. The smallest absolute Gasteiger partial charge is 0.244 e. The van der Waals surface area contributed by atoms with Gasteiger partial charge in [0, 0.05) is 30.7 Å². The molecule has 1 amide bonds. The van der Waals surface area contributed by atoms with E-state index in [1.807, 2.05) is 41.1 Å². The zero-order chi connectivity index (χ0) is 17.2. The van der Waals surface area contributed by atoms with Crippen LogP contribution in [-0.2, 0) is 16.9 Å². The molecule has 1 fully saturated rings. The number of rotatable bonds is 5. The van der Waals surface area contributed by atoms with E-state index >= 15 is 0 Å². The fourth-order valence-corrected chi connectivity index (χ4v) is 3.87. The third-order valence-electron chi connectivity index (χ3n) is 4.52. The first-order chi connectivity index (χ1) is 11.4. The summed E-state index contributed by atoms with van der Waals surface area (Å²) in [6.45, 7) is 4.44. The van der Waals surface area contributed by atoms with Crippen LogP contribution in [0.4, 0.5) is 0 Å². The molecular formula is C18H22ClN3OS. The van der Waals surface area contributed by atoms with Gasteiger partial charge >= 0.3 is 0 Å². The fraction of sp³-hybridized carbons (Fsp3) is 0.389. The Kier molecular flexibility index (Phi) is 5.25. The number of carbonyl (C=O) groups excluding carboxylic acids is 1. The van der Waals surface area contributed by atoms with Crippen LogP contribution in [0, 0.1) is 0 Å². The average molecular weight is 364 g/mol. The van der Waals surface area contributed by atoms with Crippen LogP contribution in [0.25, 0.3) is 0 Å². The highest BCUT2D eigenvalue weighted by molar-refractivity contribution is 7.08. The van der Waals surface area contributed by atoms with Crippen LogP contribution in [0.5, 0.6) is 0 Å². The van der Waals surface area contributed by atoms with Crippen LogP contribution < -0.4 is 11.1 Å². The second-order valence-electron chi connectivity index (χ2n) is 6.54. The zero-order valence-corrected chi connectivity index (χ0v) is 15.2. The first-order valence-corrected chi connectivity index (χ1v) is 9.36. The Morgan fingerprint density at radius 3 is 2.83 bits per heavy atom. The van der Waals surface area contributed by atoms with Gasteiger partial charge in [-0.2, -0.15) is 11.3 Å². The molecule has 1 saturated heterocycles. The molecule has 3 rings (SSSR count). The molecule has 1 aromatic carbocycles. The lowest BCUT2D eigenvalue weighted by atomic mass is 9.94. The molecule has 0 aliphatic carbocycles. The fourth-order valence-electron chi connectivity index (χ4n) is 2.97. The largest absolute Gasteiger partial charge is 0.350 e. The van der Waals surface area contributed by atoms with Crippen molar-refractivity contribution in [3.63, 3.8) is 0 Å². The lowest BCUT2D eigenvalue weighted by Gasteiger charge is -2.25. The van der Waals surface area contributed by atoms with Crippen LogP contribution in [-0.4, -0.2) is 29.9 Å². The molecule has 1 aliphatic rings. The lowest BCUT2D eigenvalue weighted by Crippen LogP contribution is -2.52. The number of nitrogens with zero attached hydrogens (tertiary/aromatic N) is 1. The van der Waals surface area contributed by atoms with Gasteiger partial charge in [-0.25, -0.2) is 0 Å². The predicted molar refractivity (Wildman–Crippen MR) is 99.1 cm³/mol. The van der Waals surface area contributed by atoms with E-state index in [1.54, 1.807) is 18.3 Å². The van der Waals surface area contributed by atoms with Crippen molar-refractivity contribution in [1.29, 1.82) is 0 Å². The second-order valence-corrected chi connectivity index (χ2v) is 7.75. The molecule has 2 heterocycles. The minimum Gasteiger partial charge on any atom is -0.350 e.